The van der Waals surface area contributed by atoms with Crippen LogP contribution in [0.3, 0.4) is 0 Å². The molecule has 0 aliphatic heterocycles. The maximum atomic E-state index is 10.6. The average Bonchev–Trinajstić information content (AvgIpc) is 2.88. The molecule has 0 bridgehead atoms. The van der Waals surface area contributed by atoms with Crippen LogP contribution < -0.4 is 0 Å². The normalized spacial score (nSPS) is 51.0. The van der Waals surface area contributed by atoms with E-state index >= 15 is 0 Å². The topological polar surface area (TPSA) is 40.5 Å². The molecule has 0 amide bonds. The van der Waals surface area contributed by atoms with Crippen molar-refractivity contribution in [3.8, 4) is 0 Å². The summed E-state index contributed by atoms with van der Waals surface area (Å²) in [5.41, 5.74) is 1.84. The highest BCUT2D eigenvalue weighted by Crippen LogP contribution is 2.65. The van der Waals surface area contributed by atoms with Crippen molar-refractivity contribution in [2.75, 3.05) is 6.26 Å². The standard InChI is InChI=1S/C21H32O2S/c1-20-9-8-18-16(17(20)5-6-19(20)23)4-3-14-13-15(22)7-10-21(14,18)11-12-24-2/h11-13,15-19,22-23H,3-10H2,1-2H3/b12-11+/t15-,16-,17-,18-,19-,20-,21+/m0/s1. The molecule has 4 rings (SSSR count). The fraction of sp³-hybridized carbons (Fsp3) is 0.810. The molecule has 0 unspecified atom stereocenters. The van der Waals surface area contributed by atoms with Crippen molar-refractivity contribution in [2.24, 2.45) is 28.6 Å². The minimum Gasteiger partial charge on any atom is -0.393 e. The molecular formula is C21H32O2S. The molecule has 2 N–H and O–H groups in total. The van der Waals surface area contributed by atoms with Gasteiger partial charge in [0.25, 0.3) is 0 Å². The summed E-state index contributed by atoms with van der Waals surface area (Å²) in [5.74, 6) is 2.15. The molecule has 0 aromatic rings. The smallest absolute Gasteiger partial charge is 0.0724 e. The molecule has 4 aliphatic carbocycles. The maximum Gasteiger partial charge on any atom is 0.0724 e. The molecular weight excluding hydrogens is 316 g/mol. The molecule has 0 spiro atoms. The van der Waals surface area contributed by atoms with Crippen LogP contribution in [0.5, 0.6) is 0 Å². The van der Waals surface area contributed by atoms with Crippen LogP contribution in [0.15, 0.2) is 23.1 Å². The van der Waals surface area contributed by atoms with Gasteiger partial charge in [-0.2, -0.15) is 0 Å². The highest BCUT2D eigenvalue weighted by molar-refractivity contribution is 8.01. The summed E-state index contributed by atoms with van der Waals surface area (Å²) in [4.78, 5) is 0. The molecule has 0 aromatic carbocycles. The second-order valence-electron chi connectivity index (χ2n) is 8.93. The van der Waals surface area contributed by atoms with E-state index in [4.69, 9.17) is 0 Å². The van der Waals surface area contributed by atoms with E-state index in [-0.39, 0.29) is 23.0 Å². The Labute approximate surface area is 150 Å². The van der Waals surface area contributed by atoms with Crippen LogP contribution in [0.4, 0.5) is 0 Å². The molecule has 7 atom stereocenters. The fourth-order valence-electron chi connectivity index (χ4n) is 6.89. The largest absolute Gasteiger partial charge is 0.393 e. The molecule has 0 radical (unpaired) electrons. The van der Waals surface area contributed by atoms with Crippen LogP contribution in [0.25, 0.3) is 0 Å². The number of hydrogen-bond donors (Lipinski definition) is 2. The Balaban J connectivity index is 1.72. The zero-order valence-corrected chi connectivity index (χ0v) is 15.9. The van der Waals surface area contributed by atoms with Crippen LogP contribution in [-0.2, 0) is 0 Å². The van der Waals surface area contributed by atoms with E-state index in [9.17, 15) is 10.2 Å². The number of allylic oxidation sites excluding steroid dienone is 2. The Bertz CT molecular complexity index is 556. The van der Waals surface area contributed by atoms with E-state index in [2.05, 4.69) is 30.7 Å². The highest BCUT2D eigenvalue weighted by Gasteiger charge is 2.59. The van der Waals surface area contributed by atoms with Crippen molar-refractivity contribution in [3.63, 3.8) is 0 Å². The van der Waals surface area contributed by atoms with Gasteiger partial charge in [-0.1, -0.05) is 24.6 Å². The maximum absolute atomic E-state index is 10.6. The third-order valence-electron chi connectivity index (χ3n) is 8.14. The molecule has 2 nitrogen and oxygen atoms in total. The zero-order chi connectivity index (χ0) is 16.9. The lowest BCUT2D eigenvalue weighted by atomic mass is 9.47. The van der Waals surface area contributed by atoms with Crippen molar-refractivity contribution < 1.29 is 10.2 Å². The first-order valence-corrected chi connectivity index (χ1v) is 11.1. The first-order chi connectivity index (χ1) is 11.5. The summed E-state index contributed by atoms with van der Waals surface area (Å²) in [6, 6.07) is 0. The van der Waals surface area contributed by atoms with Crippen LogP contribution >= 0.6 is 11.8 Å². The quantitative estimate of drug-likeness (QED) is 0.721. The molecule has 0 saturated heterocycles. The van der Waals surface area contributed by atoms with Gasteiger partial charge in [-0.15, -0.1) is 11.8 Å². The van der Waals surface area contributed by atoms with Gasteiger partial charge in [-0.05, 0) is 86.2 Å². The van der Waals surface area contributed by atoms with Crippen LogP contribution in [0.1, 0.15) is 58.3 Å². The number of aliphatic hydroxyl groups excluding tert-OH is 2. The summed E-state index contributed by atoms with van der Waals surface area (Å²) < 4.78 is 0. The van der Waals surface area contributed by atoms with Crippen LogP contribution in [0.2, 0.25) is 0 Å². The Morgan fingerprint density at radius 3 is 2.71 bits per heavy atom. The molecule has 0 aromatic heterocycles. The SMILES string of the molecule is CS/C=C/[C@]12CC[C@H](O)C=C1CC[C@H]1[C@@H]3CC[C@H](O)[C@@]3(C)CC[C@@H]12. The molecule has 24 heavy (non-hydrogen) atoms. The molecule has 3 fully saturated rings. The van der Waals surface area contributed by atoms with Gasteiger partial charge in [0, 0.05) is 5.41 Å². The van der Waals surface area contributed by atoms with Crippen molar-refractivity contribution in [1.29, 1.82) is 0 Å². The number of aliphatic hydroxyl groups is 2. The summed E-state index contributed by atoms with van der Waals surface area (Å²) in [5, 5.41) is 23.0. The van der Waals surface area contributed by atoms with E-state index in [1.807, 2.05) is 0 Å². The van der Waals surface area contributed by atoms with Crippen molar-refractivity contribution in [2.45, 2.75) is 70.5 Å². The molecule has 3 heteroatoms. The summed E-state index contributed by atoms with van der Waals surface area (Å²) >= 11 is 1.79. The third-order valence-corrected chi connectivity index (χ3v) is 8.55. The van der Waals surface area contributed by atoms with E-state index in [0.717, 1.165) is 31.6 Å². The molecule has 134 valence electrons. The van der Waals surface area contributed by atoms with Gasteiger partial charge in [-0.3, -0.25) is 0 Å². The van der Waals surface area contributed by atoms with Gasteiger partial charge in [-0.25, -0.2) is 0 Å². The second kappa shape index (κ2) is 6.17. The Morgan fingerprint density at radius 1 is 1.08 bits per heavy atom. The number of hydrogen-bond acceptors (Lipinski definition) is 3. The molecule has 3 saturated carbocycles. The van der Waals surface area contributed by atoms with Crippen LogP contribution in [0, 0.1) is 28.6 Å². The molecule has 4 aliphatic rings. The first kappa shape index (κ1) is 17.2. The minimum atomic E-state index is -0.241. The Morgan fingerprint density at radius 2 is 1.92 bits per heavy atom. The number of thioether (sulfide) groups is 1. The van der Waals surface area contributed by atoms with E-state index in [1.54, 1.807) is 11.8 Å². The van der Waals surface area contributed by atoms with Gasteiger partial charge in [0.15, 0.2) is 0 Å². The van der Waals surface area contributed by atoms with Gasteiger partial charge in [0.2, 0.25) is 0 Å². The van der Waals surface area contributed by atoms with E-state index in [0.29, 0.717) is 11.8 Å². The second-order valence-corrected chi connectivity index (χ2v) is 9.67. The van der Waals surface area contributed by atoms with Crippen molar-refractivity contribution in [1.82, 2.24) is 0 Å². The van der Waals surface area contributed by atoms with Crippen molar-refractivity contribution >= 4 is 11.8 Å². The van der Waals surface area contributed by atoms with Crippen LogP contribution in [-0.4, -0.2) is 28.7 Å². The van der Waals surface area contributed by atoms with Gasteiger partial charge < -0.3 is 10.2 Å². The lowest BCUT2D eigenvalue weighted by Crippen LogP contribution is -2.51. The lowest BCUT2D eigenvalue weighted by Gasteiger charge is -2.58. The Hall–Kier alpha value is -0.250. The monoisotopic (exact) mass is 348 g/mol. The first-order valence-electron chi connectivity index (χ1n) is 9.79. The third kappa shape index (κ3) is 2.38. The summed E-state index contributed by atoms with van der Waals surface area (Å²) in [6.45, 7) is 2.35. The summed E-state index contributed by atoms with van der Waals surface area (Å²) in [7, 11) is 0. The number of fused-ring (bicyclic) bond motifs is 5. The fourth-order valence-corrected chi connectivity index (χ4v) is 7.26. The van der Waals surface area contributed by atoms with E-state index in [1.165, 1.54) is 31.3 Å². The van der Waals surface area contributed by atoms with Crippen molar-refractivity contribution in [3.05, 3.63) is 23.1 Å². The summed E-state index contributed by atoms with van der Waals surface area (Å²) in [6.07, 6.45) is 15.5. The minimum absolute atomic E-state index is 0.0914. The lowest BCUT2D eigenvalue weighted by molar-refractivity contribution is -0.0692. The zero-order valence-electron chi connectivity index (χ0n) is 15.1. The predicted octanol–water partition coefficient (Wildman–Crippen LogP) is 4.53. The molecule has 0 heterocycles. The van der Waals surface area contributed by atoms with Gasteiger partial charge in [0.05, 0.1) is 12.2 Å². The Kier molecular flexibility index (Phi) is 4.42. The predicted molar refractivity (Wildman–Crippen MR) is 101 cm³/mol. The van der Waals surface area contributed by atoms with E-state index < -0.39 is 0 Å². The van der Waals surface area contributed by atoms with Gasteiger partial charge >= 0.3 is 0 Å². The highest BCUT2D eigenvalue weighted by atomic mass is 32.2. The number of rotatable bonds is 2. The van der Waals surface area contributed by atoms with Gasteiger partial charge in [0.1, 0.15) is 0 Å². The average molecular weight is 349 g/mol.